The van der Waals surface area contributed by atoms with E-state index >= 15 is 0 Å². The molecule has 3 aromatic carbocycles. The maximum absolute atomic E-state index is 13.0. The Kier molecular flexibility index (Phi) is 8.44. The van der Waals surface area contributed by atoms with Gasteiger partial charge in [0.2, 0.25) is 10.0 Å². The number of ether oxygens (including phenoxy) is 1. The summed E-state index contributed by atoms with van der Waals surface area (Å²) in [5.74, 6) is 0.647. The topological polar surface area (TPSA) is 93.0 Å². The normalized spacial score (nSPS) is 12.3. The number of amides is 1. The number of para-hydroxylation sites is 1. The molecule has 4 aromatic rings. The molecule has 0 radical (unpaired) electrons. The van der Waals surface area contributed by atoms with Crippen LogP contribution in [-0.4, -0.2) is 37.4 Å². The standard InChI is InChI=1S/C31H34N4O4S/c1-21-12-13-28(18-22(21)2)34-23(3)19-26(24(34)4)20-32-33-31(36)25(5)35(40(6,37)38)27-14-16-30(17-15-27)39-29-10-8-7-9-11-29/h7-20,25H,1-6H3,(H,33,36)/b32-20-/t25-/m1/s1. The molecule has 0 fully saturated rings. The lowest BCUT2D eigenvalue weighted by Gasteiger charge is -2.27. The van der Waals surface area contributed by atoms with Crippen LogP contribution in [-0.2, 0) is 14.8 Å². The van der Waals surface area contributed by atoms with Crippen molar-refractivity contribution in [2.24, 2.45) is 5.10 Å². The van der Waals surface area contributed by atoms with Gasteiger partial charge in [0.05, 0.1) is 18.2 Å². The number of rotatable bonds is 9. The highest BCUT2D eigenvalue weighted by atomic mass is 32.2. The van der Waals surface area contributed by atoms with Crippen LogP contribution in [0.3, 0.4) is 0 Å². The molecule has 8 nitrogen and oxygen atoms in total. The fourth-order valence-corrected chi connectivity index (χ4v) is 5.71. The van der Waals surface area contributed by atoms with E-state index in [1.54, 1.807) is 30.5 Å². The molecule has 0 saturated carbocycles. The minimum Gasteiger partial charge on any atom is -0.457 e. The Bertz CT molecular complexity index is 1640. The van der Waals surface area contributed by atoms with Gasteiger partial charge in [-0.05, 0) is 100 Å². The largest absolute Gasteiger partial charge is 0.457 e. The van der Waals surface area contributed by atoms with E-state index in [1.165, 1.54) is 18.1 Å². The van der Waals surface area contributed by atoms with Gasteiger partial charge in [0.15, 0.2) is 0 Å². The van der Waals surface area contributed by atoms with Gasteiger partial charge in [0.1, 0.15) is 17.5 Å². The maximum Gasteiger partial charge on any atom is 0.263 e. The summed E-state index contributed by atoms with van der Waals surface area (Å²) >= 11 is 0. The number of benzene rings is 3. The SMILES string of the molecule is Cc1ccc(-n2c(C)cc(/C=N\NC(=O)[C@@H](C)N(c3ccc(Oc4ccccc4)cc3)S(C)(=O)=O)c2C)cc1C. The molecule has 0 bridgehead atoms. The van der Waals surface area contributed by atoms with Crippen LogP contribution in [0, 0.1) is 27.7 Å². The molecule has 1 amide bonds. The quantitative estimate of drug-likeness (QED) is 0.207. The van der Waals surface area contributed by atoms with Gasteiger partial charge < -0.3 is 9.30 Å². The fourth-order valence-electron chi connectivity index (χ4n) is 4.53. The molecule has 0 unspecified atom stereocenters. The van der Waals surface area contributed by atoms with Crippen molar-refractivity contribution in [3.05, 3.63) is 107 Å². The second-order valence-corrected chi connectivity index (χ2v) is 11.7. The zero-order chi connectivity index (χ0) is 29.0. The van der Waals surface area contributed by atoms with Crippen molar-refractivity contribution in [3.8, 4) is 17.2 Å². The van der Waals surface area contributed by atoms with Gasteiger partial charge in [0.25, 0.3) is 5.91 Å². The van der Waals surface area contributed by atoms with Crippen molar-refractivity contribution in [2.75, 3.05) is 10.6 Å². The summed E-state index contributed by atoms with van der Waals surface area (Å²) in [6, 6.07) is 23.0. The molecule has 4 rings (SSSR count). The van der Waals surface area contributed by atoms with E-state index in [-0.39, 0.29) is 0 Å². The first-order valence-corrected chi connectivity index (χ1v) is 14.7. The van der Waals surface area contributed by atoms with Crippen LogP contribution < -0.4 is 14.5 Å². The predicted octanol–water partition coefficient (Wildman–Crippen LogP) is 5.81. The molecule has 1 atom stereocenters. The molecular formula is C31H34N4O4S. The summed E-state index contributed by atoms with van der Waals surface area (Å²) in [4.78, 5) is 13.0. The van der Waals surface area contributed by atoms with Crippen LogP contribution in [0.5, 0.6) is 11.5 Å². The Hall–Kier alpha value is -4.37. The molecule has 0 aliphatic rings. The molecule has 9 heteroatoms. The summed E-state index contributed by atoms with van der Waals surface area (Å²) in [5.41, 5.74) is 9.18. The molecule has 0 aliphatic heterocycles. The van der Waals surface area contributed by atoms with Gasteiger partial charge in [-0.2, -0.15) is 5.10 Å². The number of carbonyl (C=O) groups is 1. The van der Waals surface area contributed by atoms with Gasteiger partial charge in [-0.25, -0.2) is 13.8 Å². The van der Waals surface area contributed by atoms with Crippen LogP contribution in [0.4, 0.5) is 5.69 Å². The minimum atomic E-state index is -3.78. The van der Waals surface area contributed by atoms with Crippen molar-refractivity contribution in [3.63, 3.8) is 0 Å². The van der Waals surface area contributed by atoms with E-state index in [2.05, 4.69) is 47.1 Å². The molecule has 0 saturated heterocycles. The fraction of sp³-hybridized carbons (Fsp3) is 0.226. The third kappa shape index (κ3) is 6.43. The minimum absolute atomic E-state index is 0.339. The number of hydrazone groups is 1. The first-order valence-electron chi connectivity index (χ1n) is 12.9. The van der Waals surface area contributed by atoms with Crippen molar-refractivity contribution in [1.82, 2.24) is 9.99 Å². The Morgan fingerprint density at radius 3 is 2.20 bits per heavy atom. The summed E-state index contributed by atoms with van der Waals surface area (Å²) in [7, 11) is -3.78. The lowest BCUT2D eigenvalue weighted by molar-refractivity contribution is -0.121. The lowest BCUT2D eigenvalue weighted by Crippen LogP contribution is -2.46. The summed E-state index contributed by atoms with van der Waals surface area (Å²) < 4.78 is 34.4. The lowest BCUT2D eigenvalue weighted by atomic mass is 10.1. The smallest absolute Gasteiger partial charge is 0.263 e. The van der Waals surface area contributed by atoms with Gasteiger partial charge in [-0.1, -0.05) is 24.3 Å². The van der Waals surface area contributed by atoms with Crippen LogP contribution >= 0.6 is 0 Å². The first-order chi connectivity index (χ1) is 19.0. The number of carbonyl (C=O) groups excluding carboxylic acids is 1. The van der Waals surface area contributed by atoms with E-state index in [9.17, 15) is 13.2 Å². The van der Waals surface area contributed by atoms with E-state index in [1.807, 2.05) is 50.2 Å². The molecule has 1 heterocycles. The maximum atomic E-state index is 13.0. The van der Waals surface area contributed by atoms with Crippen LogP contribution in [0.1, 0.15) is 35.0 Å². The van der Waals surface area contributed by atoms with Crippen molar-refractivity contribution < 1.29 is 17.9 Å². The Balaban J connectivity index is 1.48. The monoisotopic (exact) mass is 558 g/mol. The number of hydrogen-bond donors (Lipinski definition) is 1. The Morgan fingerprint density at radius 1 is 0.925 bits per heavy atom. The van der Waals surface area contributed by atoms with Crippen molar-refractivity contribution in [1.29, 1.82) is 0 Å². The summed E-state index contributed by atoms with van der Waals surface area (Å²) in [6.45, 7) is 9.69. The van der Waals surface area contributed by atoms with Crippen LogP contribution in [0.2, 0.25) is 0 Å². The second-order valence-electron chi connectivity index (χ2n) is 9.81. The number of anilines is 1. The zero-order valence-electron chi connectivity index (χ0n) is 23.5. The van der Waals surface area contributed by atoms with Crippen LogP contribution in [0.25, 0.3) is 5.69 Å². The molecule has 0 spiro atoms. The van der Waals surface area contributed by atoms with Crippen molar-refractivity contribution >= 4 is 27.8 Å². The highest BCUT2D eigenvalue weighted by Crippen LogP contribution is 2.27. The molecule has 1 N–H and O–H groups in total. The van der Waals surface area contributed by atoms with E-state index in [0.717, 1.165) is 33.2 Å². The average Bonchev–Trinajstić information content (AvgIpc) is 3.19. The number of sulfonamides is 1. The third-order valence-electron chi connectivity index (χ3n) is 6.76. The highest BCUT2D eigenvalue weighted by Gasteiger charge is 2.29. The van der Waals surface area contributed by atoms with E-state index in [4.69, 9.17) is 4.74 Å². The second kappa shape index (κ2) is 11.8. The van der Waals surface area contributed by atoms with Gasteiger partial charge in [0, 0.05) is 22.6 Å². The zero-order valence-corrected chi connectivity index (χ0v) is 24.4. The number of hydrogen-bond acceptors (Lipinski definition) is 5. The van der Waals surface area contributed by atoms with Crippen LogP contribution in [0.15, 0.2) is 84.0 Å². The number of nitrogens with zero attached hydrogens (tertiary/aromatic N) is 3. The summed E-state index contributed by atoms with van der Waals surface area (Å²) in [5, 5.41) is 4.14. The third-order valence-corrected chi connectivity index (χ3v) is 8.00. The Morgan fingerprint density at radius 2 is 1.57 bits per heavy atom. The Labute approximate surface area is 236 Å². The molecule has 40 heavy (non-hydrogen) atoms. The van der Waals surface area contributed by atoms with E-state index < -0.39 is 22.0 Å². The van der Waals surface area contributed by atoms with Gasteiger partial charge in [-0.3, -0.25) is 9.10 Å². The molecule has 1 aromatic heterocycles. The summed E-state index contributed by atoms with van der Waals surface area (Å²) in [6.07, 6.45) is 2.64. The highest BCUT2D eigenvalue weighted by molar-refractivity contribution is 7.92. The van der Waals surface area contributed by atoms with E-state index in [0.29, 0.717) is 17.2 Å². The average molecular weight is 559 g/mol. The molecular weight excluding hydrogens is 524 g/mol. The number of aryl methyl sites for hydroxylation is 3. The first kappa shape index (κ1) is 28.6. The molecule has 208 valence electrons. The predicted molar refractivity (Wildman–Crippen MR) is 160 cm³/mol. The van der Waals surface area contributed by atoms with Gasteiger partial charge >= 0.3 is 0 Å². The van der Waals surface area contributed by atoms with Crippen molar-refractivity contribution in [2.45, 2.75) is 40.7 Å². The molecule has 0 aliphatic carbocycles. The van der Waals surface area contributed by atoms with Gasteiger partial charge in [-0.15, -0.1) is 0 Å². The number of nitrogens with one attached hydrogen (secondary N) is 1. The number of aromatic nitrogens is 1.